The summed E-state index contributed by atoms with van der Waals surface area (Å²) in [6.45, 7) is 6.24. The molecule has 1 heterocycles. The summed E-state index contributed by atoms with van der Waals surface area (Å²) >= 11 is 0. The fourth-order valence-corrected chi connectivity index (χ4v) is 2.76. The number of guanidine groups is 1. The van der Waals surface area contributed by atoms with Crippen LogP contribution >= 0.6 is 24.0 Å². The molecule has 1 aromatic carbocycles. The summed E-state index contributed by atoms with van der Waals surface area (Å²) in [5, 5.41) is 10.7. The van der Waals surface area contributed by atoms with Crippen molar-refractivity contribution in [2.75, 3.05) is 7.05 Å². The molecule has 0 bridgehead atoms. The van der Waals surface area contributed by atoms with Crippen LogP contribution in [0.25, 0.3) is 0 Å². The molecule has 0 radical (unpaired) electrons. The number of halogens is 3. The number of nitrogens with zero attached hydrogens (tertiary/aromatic N) is 3. The molecule has 26 heavy (non-hydrogen) atoms. The number of benzene rings is 1. The highest BCUT2D eigenvalue weighted by atomic mass is 127. The van der Waals surface area contributed by atoms with Crippen molar-refractivity contribution >= 4 is 29.9 Å². The van der Waals surface area contributed by atoms with Crippen LogP contribution in [0.5, 0.6) is 0 Å². The van der Waals surface area contributed by atoms with Gasteiger partial charge in [0.1, 0.15) is 11.6 Å². The van der Waals surface area contributed by atoms with Crippen LogP contribution in [0.4, 0.5) is 8.78 Å². The fourth-order valence-electron chi connectivity index (χ4n) is 2.76. The molecule has 1 aromatic heterocycles. The van der Waals surface area contributed by atoms with E-state index in [9.17, 15) is 8.78 Å². The predicted octanol–water partition coefficient (Wildman–Crippen LogP) is 3.23. The molecule has 8 heteroatoms. The van der Waals surface area contributed by atoms with E-state index in [2.05, 4.69) is 20.7 Å². The third-order valence-electron chi connectivity index (χ3n) is 4.23. The Morgan fingerprint density at radius 1 is 1.31 bits per heavy atom. The van der Waals surface area contributed by atoms with Crippen molar-refractivity contribution in [3.63, 3.8) is 0 Å². The highest BCUT2D eigenvalue weighted by Gasteiger charge is 2.14. The Morgan fingerprint density at radius 2 is 2.00 bits per heavy atom. The third-order valence-corrected chi connectivity index (χ3v) is 4.23. The van der Waals surface area contributed by atoms with Crippen molar-refractivity contribution in [2.45, 2.75) is 39.8 Å². The minimum atomic E-state index is -0.461. The summed E-state index contributed by atoms with van der Waals surface area (Å²) in [5.74, 6) is -0.369. The van der Waals surface area contributed by atoms with E-state index < -0.39 is 11.6 Å². The van der Waals surface area contributed by atoms with Gasteiger partial charge in [0.15, 0.2) is 5.96 Å². The number of nitrogens with one attached hydrogen (secondary N) is 2. The predicted molar refractivity (Wildman–Crippen MR) is 111 cm³/mol. The molecule has 1 unspecified atom stereocenters. The summed E-state index contributed by atoms with van der Waals surface area (Å²) in [7, 11) is 3.57. The van der Waals surface area contributed by atoms with Crippen molar-refractivity contribution in [1.29, 1.82) is 0 Å². The second kappa shape index (κ2) is 9.84. The van der Waals surface area contributed by atoms with Crippen molar-refractivity contribution in [1.82, 2.24) is 20.4 Å². The van der Waals surface area contributed by atoms with Gasteiger partial charge in [-0.2, -0.15) is 5.10 Å². The van der Waals surface area contributed by atoms with E-state index in [1.54, 1.807) is 7.05 Å². The molecule has 1 atom stereocenters. The summed E-state index contributed by atoms with van der Waals surface area (Å²) in [6, 6.07) is 3.51. The maximum Gasteiger partial charge on any atom is 0.191 e. The zero-order chi connectivity index (χ0) is 18.6. The average Bonchev–Trinajstić information content (AvgIpc) is 2.80. The van der Waals surface area contributed by atoms with E-state index in [4.69, 9.17) is 0 Å². The number of aliphatic imine (C=N–C) groups is 1. The van der Waals surface area contributed by atoms with E-state index in [0.29, 0.717) is 5.96 Å². The minimum absolute atomic E-state index is 0. The Hall–Kier alpha value is -1.71. The van der Waals surface area contributed by atoms with Crippen LogP contribution in [0.1, 0.15) is 29.4 Å². The van der Waals surface area contributed by atoms with Crippen LogP contribution in [0, 0.1) is 25.5 Å². The van der Waals surface area contributed by atoms with Crippen LogP contribution in [0.3, 0.4) is 0 Å². The third kappa shape index (κ3) is 5.65. The number of hydrogen-bond donors (Lipinski definition) is 2. The lowest BCUT2D eigenvalue weighted by Crippen LogP contribution is -2.42. The monoisotopic (exact) mass is 477 g/mol. The molecule has 5 nitrogen and oxygen atoms in total. The van der Waals surface area contributed by atoms with Gasteiger partial charge in [0.25, 0.3) is 0 Å². The largest absolute Gasteiger partial charge is 0.354 e. The van der Waals surface area contributed by atoms with Crippen LogP contribution in [-0.2, 0) is 20.0 Å². The molecular formula is C18H26F2IN5. The molecule has 0 saturated heterocycles. The van der Waals surface area contributed by atoms with E-state index in [0.717, 1.165) is 29.9 Å². The van der Waals surface area contributed by atoms with Gasteiger partial charge in [0.05, 0.1) is 5.69 Å². The van der Waals surface area contributed by atoms with E-state index in [-0.39, 0.29) is 42.1 Å². The van der Waals surface area contributed by atoms with Gasteiger partial charge in [-0.3, -0.25) is 9.67 Å². The van der Waals surface area contributed by atoms with Gasteiger partial charge < -0.3 is 10.6 Å². The summed E-state index contributed by atoms with van der Waals surface area (Å²) in [4.78, 5) is 4.14. The standard InChI is InChI=1S/C18H25F2N5.HI/c1-11(8-16-12(2)24-25(5)13(16)3)23-18(21-4)22-10-14-9-15(19)6-7-17(14)20;/h6-7,9,11H,8,10H2,1-5H3,(H2,21,22,23);1H. The molecule has 0 spiro atoms. The zero-order valence-electron chi connectivity index (χ0n) is 15.7. The second-order valence-electron chi connectivity index (χ2n) is 6.18. The Bertz CT molecular complexity index is 773. The summed E-state index contributed by atoms with van der Waals surface area (Å²) in [5.41, 5.74) is 3.61. The molecule has 144 valence electrons. The van der Waals surface area contributed by atoms with Gasteiger partial charge >= 0.3 is 0 Å². The number of rotatable bonds is 5. The Balaban J connectivity index is 0.00000338. The van der Waals surface area contributed by atoms with Gasteiger partial charge in [0.2, 0.25) is 0 Å². The molecule has 0 aliphatic rings. The summed E-state index contributed by atoms with van der Waals surface area (Å²) < 4.78 is 28.8. The first-order valence-corrected chi connectivity index (χ1v) is 8.22. The normalized spacial score (nSPS) is 12.5. The van der Waals surface area contributed by atoms with Crippen molar-refractivity contribution in [2.24, 2.45) is 12.0 Å². The van der Waals surface area contributed by atoms with Gasteiger partial charge in [-0.05, 0) is 51.0 Å². The topological polar surface area (TPSA) is 54.2 Å². The molecule has 0 aliphatic carbocycles. The highest BCUT2D eigenvalue weighted by molar-refractivity contribution is 14.0. The van der Waals surface area contributed by atoms with Crippen molar-refractivity contribution in [3.8, 4) is 0 Å². The van der Waals surface area contributed by atoms with Crippen LogP contribution in [0.15, 0.2) is 23.2 Å². The van der Waals surface area contributed by atoms with Crippen molar-refractivity contribution < 1.29 is 8.78 Å². The number of hydrogen-bond acceptors (Lipinski definition) is 2. The van der Waals surface area contributed by atoms with Gasteiger partial charge in [-0.1, -0.05) is 0 Å². The Kier molecular flexibility index (Phi) is 8.45. The Labute approximate surface area is 170 Å². The highest BCUT2D eigenvalue weighted by Crippen LogP contribution is 2.14. The molecule has 2 rings (SSSR count). The molecule has 2 aromatic rings. The van der Waals surface area contributed by atoms with Gasteiger partial charge in [0, 0.05) is 37.9 Å². The zero-order valence-corrected chi connectivity index (χ0v) is 18.1. The average molecular weight is 477 g/mol. The molecular weight excluding hydrogens is 451 g/mol. The van der Waals surface area contributed by atoms with Crippen molar-refractivity contribution in [3.05, 3.63) is 52.3 Å². The first-order chi connectivity index (χ1) is 11.8. The summed E-state index contributed by atoms with van der Waals surface area (Å²) in [6.07, 6.45) is 0.792. The van der Waals surface area contributed by atoms with Gasteiger partial charge in [-0.15, -0.1) is 24.0 Å². The maximum atomic E-state index is 13.7. The first-order valence-electron chi connectivity index (χ1n) is 8.22. The van der Waals surface area contributed by atoms with E-state index in [1.165, 1.54) is 11.6 Å². The second-order valence-corrected chi connectivity index (χ2v) is 6.18. The van der Waals surface area contributed by atoms with Crippen LogP contribution in [0.2, 0.25) is 0 Å². The lowest BCUT2D eigenvalue weighted by molar-refractivity contribution is 0.578. The molecule has 2 N–H and O–H groups in total. The van der Waals surface area contributed by atoms with E-state index >= 15 is 0 Å². The fraction of sp³-hybridized carbons (Fsp3) is 0.444. The van der Waals surface area contributed by atoms with Gasteiger partial charge in [-0.25, -0.2) is 8.78 Å². The quantitative estimate of drug-likeness (QED) is 0.395. The van der Waals surface area contributed by atoms with Crippen LogP contribution < -0.4 is 10.6 Å². The number of aryl methyl sites for hydroxylation is 2. The lowest BCUT2D eigenvalue weighted by atomic mass is 10.1. The lowest BCUT2D eigenvalue weighted by Gasteiger charge is -2.18. The molecule has 0 amide bonds. The first kappa shape index (κ1) is 22.3. The molecule has 0 fully saturated rings. The SMILES string of the molecule is CN=C(NCc1cc(F)ccc1F)NC(C)Cc1c(C)nn(C)c1C.I. The maximum absolute atomic E-state index is 13.7. The smallest absolute Gasteiger partial charge is 0.191 e. The minimum Gasteiger partial charge on any atom is -0.354 e. The number of aromatic nitrogens is 2. The van der Waals surface area contributed by atoms with E-state index in [1.807, 2.05) is 32.5 Å². The Morgan fingerprint density at radius 3 is 2.58 bits per heavy atom. The van der Waals surface area contributed by atoms with Crippen LogP contribution in [-0.4, -0.2) is 28.8 Å². The molecule has 0 saturated carbocycles. The molecule has 0 aliphatic heterocycles.